The minimum atomic E-state index is -0.161. The van der Waals surface area contributed by atoms with Crippen molar-refractivity contribution >= 4 is 11.8 Å². The number of nitrogens with zero attached hydrogens (tertiary/aromatic N) is 1. The second-order valence-electron chi connectivity index (χ2n) is 5.16. The molecular formula is C15H23FN2S. The molecule has 2 rings (SSSR count). The molecule has 2 N–H and O–H groups in total. The molecule has 1 saturated heterocycles. The monoisotopic (exact) mass is 282 g/mol. The number of rotatable bonds is 6. The third-order valence-corrected chi connectivity index (χ3v) is 4.76. The van der Waals surface area contributed by atoms with Crippen LogP contribution in [0, 0.1) is 11.7 Å². The van der Waals surface area contributed by atoms with E-state index < -0.39 is 0 Å². The Balaban J connectivity index is 1.63. The molecule has 1 aliphatic heterocycles. The molecule has 0 aromatic heterocycles. The predicted molar refractivity (Wildman–Crippen MR) is 80.0 cm³/mol. The number of hydrogen-bond donors (Lipinski definition) is 1. The average Bonchev–Trinajstić information content (AvgIpc) is 2.43. The van der Waals surface area contributed by atoms with E-state index in [9.17, 15) is 4.39 Å². The molecule has 2 nitrogen and oxygen atoms in total. The molecule has 1 aliphatic rings. The van der Waals surface area contributed by atoms with Crippen LogP contribution in [0.1, 0.15) is 19.3 Å². The summed E-state index contributed by atoms with van der Waals surface area (Å²) in [6.45, 7) is 4.35. The van der Waals surface area contributed by atoms with Crippen molar-refractivity contribution in [3.63, 3.8) is 0 Å². The molecule has 4 heteroatoms. The Hall–Kier alpha value is -0.580. The second-order valence-corrected chi connectivity index (χ2v) is 6.33. The highest BCUT2D eigenvalue weighted by Crippen LogP contribution is 2.22. The molecule has 0 aliphatic carbocycles. The first kappa shape index (κ1) is 14.8. The molecule has 0 atom stereocenters. The summed E-state index contributed by atoms with van der Waals surface area (Å²) in [6, 6.07) is 6.77. The smallest absolute Gasteiger partial charge is 0.123 e. The summed E-state index contributed by atoms with van der Waals surface area (Å²) in [7, 11) is 0. The van der Waals surface area contributed by atoms with Crippen molar-refractivity contribution < 1.29 is 4.39 Å². The minimum absolute atomic E-state index is 0.161. The molecule has 0 bridgehead atoms. The van der Waals surface area contributed by atoms with Crippen molar-refractivity contribution in [2.24, 2.45) is 11.7 Å². The van der Waals surface area contributed by atoms with Gasteiger partial charge >= 0.3 is 0 Å². The van der Waals surface area contributed by atoms with Crippen LogP contribution in [0.3, 0.4) is 0 Å². The number of piperidine rings is 1. The Morgan fingerprint density at radius 2 is 1.89 bits per heavy atom. The van der Waals surface area contributed by atoms with Crippen LogP contribution in [0.15, 0.2) is 29.2 Å². The van der Waals surface area contributed by atoms with Crippen molar-refractivity contribution in [3.05, 3.63) is 30.1 Å². The minimum Gasteiger partial charge on any atom is -0.330 e. The summed E-state index contributed by atoms with van der Waals surface area (Å²) in [4.78, 5) is 3.68. The number of likely N-dealkylation sites (tertiary alicyclic amines) is 1. The molecular weight excluding hydrogens is 259 g/mol. The van der Waals surface area contributed by atoms with Gasteiger partial charge in [0.05, 0.1) is 0 Å². The highest BCUT2D eigenvalue weighted by atomic mass is 32.2. The third kappa shape index (κ3) is 5.13. The zero-order chi connectivity index (χ0) is 13.5. The van der Waals surface area contributed by atoms with Gasteiger partial charge in [0.1, 0.15) is 5.82 Å². The van der Waals surface area contributed by atoms with E-state index >= 15 is 0 Å². The maximum Gasteiger partial charge on any atom is 0.123 e. The lowest BCUT2D eigenvalue weighted by atomic mass is 9.94. The zero-order valence-electron chi connectivity index (χ0n) is 11.4. The Labute approximate surface area is 119 Å². The van der Waals surface area contributed by atoms with E-state index in [1.807, 2.05) is 12.1 Å². The average molecular weight is 282 g/mol. The van der Waals surface area contributed by atoms with E-state index in [4.69, 9.17) is 5.73 Å². The standard InChI is InChI=1S/C15H23FN2S/c16-14-1-3-15(4-2-14)19-12-11-18-9-6-13(5-8-17)7-10-18/h1-4,13H,5-12,17H2. The quantitative estimate of drug-likeness (QED) is 0.813. The topological polar surface area (TPSA) is 29.3 Å². The second kappa shape index (κ2) is 7.88. The van der Waals surface area contributed by atoms with Crippen LogP contribution < -0.4 is 5.73 Å². The van der Waals surface area contributed by atoms with E-state index in [-0.39, 0.29) is 5.82 Å². The van der Waals surface area contributed by atoms with Crippen molar-refractivity contribution in [1.82, 2.24) is 4.90 Å². The van der Waals surface area contributed by atoms with Gasteiger partial charge < -0.3 is 10.6 Å². The fraction of sp³-hybridized carbons (Fsp3) is 0.600. The van der Waals surface area contributed by atoms with Crippen molar-refractivity contribution in [2.75, 3.05) is 31.9 Å². The van der Waals surface area contributed by atoms with Crippen molar-refractivity contribution in [2.45, 2.75) is 24.2 Å². The zero-order valence-corrected chi connectivity index (χ0v) is 12.2. The first-order chi connectivity index (χ1) is 9.28. The summed E-state index contributed by atoms with van der Waals surface area (Å²) in [5.41, 5.74) is 5.61. The number of benzene rings is 1. The molecule has 0 saturated carbocycles. The molecule has 1 heterocycles. The summed E-state index contributed by atoms with van der Waals surface area (Å²) in [5.74, 6) is 1.75. The molecule has 0 radical (unpaired) electrons. The Morgan fingerprint density at radius 3 is 2.53 bits per heavy atom. The van der Waals surface area contributed by atoms with Gasteiger partial charge in [-0.25, -0.2) is 4.39 Å². The lowest BCUT2D eigenvalue weighted by Crippen LogP contribution is -2.35. The maximum atomic E-state index is 12.8. The van der Waals surface area contributed by atoms with Gasteiger partial charge in [-0.1, -0.05) is 0 Å². The van der Waals surface area contributed by atoms with Crippen molar-refractivity contribution in [1.29, 1.82) is 0 Å². The fourth-order valence-corrected chi connectivity index (χ4v) is 3.47. The summed E-state index contributed by atoms with van der Waals surface area (Å²) >= 11 is 1.81. The SMILES string of the molecule is NCCC1CCN(CCSc2ccc(F)cc2)CC1. The third-order valence-electron chi connectivity index (χ3n) is 3.77. The summed E-state index contributed by atoms with van der Waals surface area (Å²) < 4.78 is 12.8. The van der Waals surface area contributed by atoms with Gasteiger partial charge in [0.2, 0.25) is 0 Å². The maximum absolute atomic E-state index is 12.8. The predicted octanol–water partition coefficient (Wildman–Crippen LogP) is 2.98. The largest absolute Gasteiger partial charge is 0.330 e. The molecule has 0 amide bonds. The molecule has 0 unspecified atom stereocenters. The highest BCUT2D eigenvalue weighted by molar-refractivity contribution is 7.99. The van der Waals surface area contributed by atoms with Crippen LogP contribution >= 0.6 is 11.8 Å². The van der Waals surface area contributed by atoms with Crippen LogP contribution in [-0.4, -0.2) is 36.8 Å². The normalized spacial score (nSPS) is 17.8. The van der Waals surface area contributed by atoms with Gasteiger partial charge in [-0.3, -0.25) is 0 Å². The van der Waals surface area contributed by atoms with Crippen LogP contribution in [-0.2, 0) is 0 Å². The molecule has 106 valence electrons. The molecule has 1 aromatic rings. The van der Waals surface area contributed by atoms with Crippen LogP contribution in [0.5, 0.6) is 0 Å². The van der Waals surface area contributed by atoms with Gasteiger partial charge in [-0.15, -0.1) is 11.8 Å². The van der Waals surface area contributed by atoms with E-state index in [1.54, 1.807) is 11.8 Å². The number of hydrogen-bond acceptors (Lipinski definition) is 3. The first-order valence-corrected chi connectivity index (χ1v) is 8.07. The molecule has 1 fully saturated rings. The Morgan fingerprint density at radius 1 is 1.21 bits per heavy atom. The fourth-order valence-electron chi connectivity index (χ4n) is 2.56. The number of nitrogens with two attached hydrogens (primary N) is 1. The van der Waals surface area contributed by atoms with Gasteiger partial charge in [-0.05, 0) is 69.1 Å². The van der Waals surface area contributed by atoms with E-state index in [0.717, 1.165) is 29.7 Å². The van der Waals surface area contributed by atoms with Gasteiger partial charge in [0.15, 0.2) is 0 Å². The van der Waals surface area contributed by atoms with E-state index in [1.165, 1.54) is 44.5 Å². The molecule has 1 aromatic carbocycles. The highest BCUT2D eigenvalue weighted by Gasteiger charge is 2.17. The lowest BCUT2D eigenvalue weighted by Gasteiger charge is -2.31. The van der Waals surface area contributed by atoms with Gasteiger partial charge in [0.25, 0.3) is 0 Å². The summed E-state index contributed by atoms with van der Waals surface area (Å²) in [6.07, 6.45) is 3.76. The van der Waals surface area contributed by atoms with E-state index in [0.29, 0.717) is 0 Å². The van der Waals surface area contributed by atoms with Crippen LogP contribution in [0.4, 0.5) is 4.39 Å². The Bertz CT molecular complexity index is 361. The van der Waals surface area contributed by atoms with Crippen LogP contribution in [0.25, 0.3) is 0 Å². The van der Waals surface area contributed by atoms with E-state index in [2.05, 4.69) is 4.90 Å². The molecule has 0 spiro atoms. The van der Waals surface area contributed by atoms with Crippen LogP contribution in [0.2, 0.25) is 0 Å². The number of thioether (sulfide) groups is 1. The Kier molecular flexibility index (Phi) is 6.14. The summed E-state index contributed by atoms with van der Waals surface area (Å²) in [5, 5.41) is 0. The first-order valence-electron chi connectivity index (χ1n) is 7.08. The number of halogens is 1. The molecule has 19 heavy (non-hydrogen) atoms. The van der Waals surface area contributed by atoms with Gasteiger partial charge in [0, 0.05) is 17.2 Å². The lowest BCUT2D eigenvalue weighted by molar-refractivity contribution is 0.189. The van der Waals surface area contributed by atoms with Gasteiger partial charge in [-0.2, -0.15) is 0 Å². The van der Waals surface area contributed by atoms with Crippen molar-refractivity contribution in [3.8, 4) is 0 Å².